The van der Waals surface area contributed by atoms with E-state index in [0.29, 0.717) is 11.3 Å². The highest BCUT2D eigenvalue weighted by atomic mass is 79.9. The summed E-state index contributed by atoms with van der Waals surface area (Å²) in [5.41, 5.74) is 2.21. The van der Waals surface area contributed by atoms with Crippen molar-refractivity contribution in [1.82, 2.24) is 9.38 Å². The summed E-state index contributed by atoms with van der Waals surface area (Å²) in [5, 5.41) is 10.6. The predicted octanol–water partition coefficient (Wildman–Crippen LogP) is 3.90. The Balaban J connectivity index is 2.04. The molecule has 0 radical (unpaired) electrons. The SMILES string of the molecule is CC1(C)N=C(c2cnc3c(Br)cccn23)c2cccc(F)c2C1O. The Labute approximate surface area is 146 Å². The van der Waals surface area contributed by atoms with Crippen molar-refractivity contribution in [3.05, 3.63) is 69.8 Å². The highest BCUT2D eigenvalue weighted by Crippen LogP contribution is 2.39. The monoisotopic (exact) mass is 387 g/mol. The van der Waals surface area contributed by atoms with Gasteiger partial charge in [-0.25, -0.2) is 9.37 Å². The summed E-state index contributed by atoms with van der Waals surface area (Å²) in [5.74, 6) is -0.421. The van der Waals surface area contributed by atoms with Crippen LogP contribution in [0.1, 0.15) is 36.8 Å². The molecule has 4 nitrogen and oxygen atoms in total. The first-order valence-corrected chi connectivity index (χ1v) is 8.38. The van der Waals surface area contributed by atoms with Crippen molar-refractivity contribution in [2.75, 3.05) is 0 Å². The van der Waals surface area contributed by atoms with Crippen LogP contribution in [0.3, 0.4) is 0 Å². The van der Waals surface area contributed by atoms with Crippen LogP contribution in [-0.2, 0) is 0 Å². The van der Waals surface area contributed by atoms with E-state index in [0.717, 1.165) is 15.8 Å². The van der Waals surface area contributed by atoms with E-state index in [1.807, 2.05) is 22.7 Å². The van der Waals surface area contributed by atoms with Crippen LogP contribution in [-0.4, -0.2) is 25.7 Å². The number of halogens is 2. The summed E-state index contributed by atoms with van der Waals surface area (Å²) < 4.78 is 17.2. The number of aliphatic imine (C=N–C) groups is 1. The van der Waals surface area contributed by atoms with E-state index in [9.17, 15) is 9.50 Å². The fourth-order valence-electron chi connectivity index (χ4n) is 3.13. The number of hydrogen-bond donors (Lipinski definition) is 1. The number of benzene rings is 1. The molecule has 2 aromatic heterocycles. The number of nitrogens with zero attached hydrogens (tertiary/aromatic N) is 3. The van der Waals surface area contributed by atoms with Crippen molar-refractivity contribution in [3.63, 3.8) is 0 Å². The molecule has 6 heteroatoms. The van der Waals surface area contributed by atoms with Crippen molar-refractivity contribution in [3.8, 4) is 0 Å². The van der Waals surface area contributed by atoms with E-state index >= 15 is 0 Å². The fraction of sp³-hybridized carbons (Fsp3) is 0.222. The number of aliphatic hydroxyl groups excluding tert-OH is 1. The standard InChI is InChI=1S/C18H15BrFN3O/c1-18(2)16(24)14-10(5-3-7-12(14)20)15(22-18)13-9-21-17-11(19)6-4-8-23(13)17/h3-9,16,24H,1-2H3. The lowest BCUT2D eigenvalue weighted by Gasteiger charge is -2.34. The van der Waals surface area contributed by atoms with E-state index in [4.69, 9.17) is 4.99 Å². The number of rotatable bonds is 1. The molecule has 0 bridgehead atoms. The fourth-order valence-corrected chi connectivity index (χ4v) is 3.58. The Kier molecular flexibility index (Phi) is 3.37. The topological polar surface area (TPSA) is 49.9 Å². The Bertz CT molecular complexity index is 993. The first kappa shape index (κ1) is 15.5. The molecule has 0 fully saturated rings. The average Bonchev–Trinajstić information content (AvgIpc) is 2.96. The van der Waals surface area contributed by atoms with E-state index < -0.39 is 17.5 Å². The Morgan fingerprint density at radius 1 is 1.25 bits per heavy atom. The van der Waals surface area contributed by atoms with E-state index in [2.05, 4.69) is 20.9 Å². The molecule has 0 amide bonds. The van der Waals surface area contributed by atoms with Crippen LogP contribution in [0, 0.1) is 5.82 Å². The zero-order valence-electron chi connectivity index (χ0n) is 13.2. The predicted molar refractivity (Wildman–Crippen MR) is 94.0 cm³/mol. The van der Waals surface area contributed by atoms with Gasteiger partial charge in [-0.05, 0) is 48.0 Å². The van der Waals surface area contributed by atoms with Crippen LogP contribution in [0.15, 0.2) is 52.2 Å². The van der Waals surface area contributed by atoms with Gasteiger partial charge >= 0.3 is 0 Å². The van der Waals surface area contributed by atoms with Gasteiger partial charge in [0.25, 0.3) is 0 Å². The van der Waals surface area contributed by atoms with Crippen molar-refractivity contribution in [1.29, 1.82) is 0 Å². The molecule has 3 aromatic rings. The summed E-state index contributed by atoms with van der Waals surface area (Å²) in [6, 6.07) is 8.60. The summed E-state index contributed by atoms with van der Waals surface area (Å²) in [6.45, 7) is 3.60. The van der Waals surface area contributed by atoms with Gasteiger partial charge in [-0.1, -0.05) is 12.1 Å². The first-order chi connectivity index (χ1) is 11.4. The smallest absolute Gasteiger partial charge is 0.151 e. The lowest BCUT2D eigenvalue weighted by atomic mass is 9.83. The van der Waals surface area contributed by atoms with E-state index in [1.54, 1.807) is 32.2 Å². The van der Waals surface area contributed by atoms with Crippen LogP contribution >= 0.6 is 15.9 Å². The molecule has 0 aliphatic carbocycles. The molecule has 24 heavy (non-hydrogen) atoms. The molecule has 1 aromatic carbocycles. The second-order valence-electron chi connectivity index (χ2n) is 6.41. The maximum atomic E-state index is 14.4. The summed E-state index contributed by atoms with van der Waals surface area (Å²) in [4.78, 5) is 9.16. The summed E-state index contributed by atoms with van der Waals surface area (Å²) in [7, 11) is 0. The van der Waals surface area contributed by atoms with Gasteiger partial charge < -0.3 is 5.11 Å². The summed E-state index contributed by atoms with van der Waals surface area (Å²) in [6.07, 6.45) is 2.62. The molecule has 1 aliphatic rings. The molecule has 3 heterocycles. The average molecular weight is 388 g/mol. The van der Waals surface area contributed by atoms with Crippen LogP contribution in [0.5, 0.6) is 0 Å². The number of aliphatic hydroxyl groups is 1. The van der Waals surface area contributed by atoms with E-state index in [1.165, 1.54) is 6.07 Å². The molecule has 1 N–H and O–H groups in total. The Morgan fingerprint density at radius 2 is 2.04 bits per heavy atom. The van der Waals surface area contributed by atoms with Crippen LogP contribution in [0.25, 0.3) is 5.65 Å². The normalized spacial score (nSPS) is 19.2. The highest BCUT2D eigenvalue weighted by molar-refractivity contribution is 9.10. The maximum Gasteiger partial charge on any atom is 0.151 e. The van der Waals surface area contributed by atoms with Gasteiger partial charge in [0.05, 0.1) is 27.6 Å². The molecule has 122 valence electrons. The molecule has 0 saturated carbocycles. The minimum absolute atomic E-state index is 0.289. The third-order valence-corrected chi connectivity index (χ3v) is 5.00. The van der Waals surface area contributed by atoms with Gasteiger partial charge in [-0.3, -0.25) is 9.39 Å². The van der Waals surface area contributed by atoms with Crippen molar-refractivity contribution < 1.29 is 9.50 Å². The lowest BCUT2D eigenvalue weighted by molar-refractivity contribution is 0.0995. The van der Waals surface area contributed by atoms with Crippen molar-refractivity contribution >= 4 is 27.3 Å². The lowest BCUT2D eigenvalue weighted by Crippen LogP contribution is -2.35. The Hall–Kier alpha value is -2.05. The molecule has 4 rings (SSSR count). The number of hydrogen-bond acceptors (Lipinski definition) is 3. The molecular weight excluding hydrogens is 373 g/mol. The third-order valence-electron chi connectivity index (χ3n) is 4.38. The maximum absolute atomic E-state index is 14.4. The molecule has 0 saturated heterocycles. The molecule has 1 aliphatic heterocycles. The highest BCUT2D eigenvalue weighted by Gasteiger charge is 2.38. The molecule has 1 atom stereocenters. The van der Waals surface area contributed by atoms with Crippen LogP contribution in [0.4, 0.5) is 4.39 Å². The van der Waals surface area contributed by atoms with Crippen LogP contribution < -0.4 is 0 Å². The van der Waals surface area contributed by atoms with Crippen molar-refractivity contribution in [2.45, 2.75) is 25.5 Å². The quantitative estimate of drug-likeness (QED) is 0.688. The third kappa shape index (κ3) is 2.13. The largest absolute Gasteiger partial charge is 0.386 e. The van der Waals surface area contributed by atoms with Gasteiger partial charge in [-0.15, -0.1) is 0 Å². The second-order valence-corrected chi connectivity index (χ2v) is 7.27. The number of fused-ring (bicyclic) bond motifs is 2. The minimum Gasteiger partial charge on any atom is -0.386 e. The van der Waals surface area contributed by atoms with Gasteiger partial charge in [0.2, 0.25) is 0 Å². The number of pyridine rings is 1. The zero-order valence-corrected chi connectivity index (χ0v) is 14.7. The summed E-state index contributed by atoms with van der Waals surface area (Å²) >= 11 is 3.49. The first-order valence-electron chi connectivity index (χ1n) is 7.59. The molecule has 0 spiro atoms. The van der Waals surface area contributed by atoms with E-state index in [-0.39, 0.29) is 5.56 Å². The van der Waals surface area contributed by atoms with Crippen molar-refractivity contribution in [2.24, 2.45) is 4.99 Å². The van der Waals surface area contributed by atoms with Gasteiger partial charge in [0, 0.05) is 17.3 Å². The molecular formula is C18H15BrFN3O. The number of aromatic nitrogens is 2. The minimum atomic E-state index is -0.997. The van der Waals surface area contributed by atoms with Gasteiger partial charge in [0.1, 0.15) is 11.9 Å². The zero-order chi connectivity index (χ0) is 17.1. The Morgan fingerprint density at radius 3 is 2.83 bits per heavy atom. The second kappa shape index (κ2) is 5.22. The van der Waals surface area contributed by atoms with Crippen LogP contribution in [0.2, 0.25) is 0 Å². The van der Waals surface area contributed by atoms with Gasteiger partial charge in [0.15, 0.2) is 5.65 Å². The molecule has 1 unspecified atom stereocenters. The van der Waals surface area contributed by atoms with Gasteiger partial charge in [-0.2, -0.15) is 0 Å². The number of imidazole rings is 1.